The zero-order valence-electron chi connectivity index (χ0n) is 8.27. The van der Waals surface area contributed by atoms with Crippen molar-refractivity contribution in [2.24, 2.45) is 5.73 Å². The maximum Gasteiger partial charge on any atom is 0.338 e. The van der Waals surface area contributed by atoms with E-state index in [1.807, 2.05) is 13.0 Å². The molecule has 1 atom stereocenters. The average molecular weight is 193 g/mol. The van der Waals surface area contributed by atoms with Crippen LogP contribution in [-0.2, 0) is 4.74 Å². The smallest absolute Gasteiger partial charge is 0.338 e. The normalized spacial score (nSPS) is 12.1. The second-order valence-electron chi connectivity index (χ2n) is 3.04. The fraction of sp³-hybridized carbons (Fsp3) is 0.364. The minimum absolute atomic E-state index is 0.178. The highest BCUT2D eigenvalue weighted by Gasteiger charge is 2.11. The van der Waals surface area contributed by atoms with Gasteiger partial charge in [0.15, 0.2) is 0 Å². The van der Waals surface area contributed by atoms with Crippen LogP contribution in [0.5, 0.6) is 0 Å². The summed E-state index contributed by atoms with van der Waals surface area (Å²) in [6, 6.07) is 8.92. The number of rotatable bonds is 4. The van der Waals surface area contributed by atoms with Gasteiger partial charge in [0.05, 0.1) is 5.56 Å². The minimum atomic E-state index is -0.303. The van der Waals surface area contributed by atoms with Gasteiger partial charge in [0.25, 0.3) is 0 Å². The standard InChI is InChI=1S/C11H15NO2/c1-2-10(8-12)14-11(13)9-6-4-3-5-7-9/h3-7,10H,2,8,12H2,1H3. The first-order valence-electron chi connectivity index (χ1n) is 4.74. The summed E-state index contributed by atoms with van der Waals surface area (Å²) in [4.78, 5) is 11.5. The van der Waals surface area contributed by atoms with Crippen LogP contribution in [0.4, 0.5) is 0 Å². The molecule has 1 aromatic rings. The number of nitrogens with two attached hydrogens (primary N) is 1. The Labute approximate surface area is 83.9 Å². The largest absolute Gasteiger partial charge is 0.457 e. The minimum Gasteiger partial charge on any atom is -0.457 e. The lowest BCUT2D eigenvalue weighted by molar-refractivity contribution is 0.0312. The van der Waals surface area contributed by atoms with Crippen molar-refractivity contribution in [3.8, 4) is 0 Å². The highest BCUT2D eigenvalue weighted by Crippen LogP contribution is 2.04. The SMILES string of the molecule is CCC(CN)OC(=O)c1ccccc1. The van der Waals surface area contributed by atoms with Crippen LogP contribution in [0.3, 0.4) is 0 Å². The summed E-state index contributed by atoms with van der Waals surface area (Å²) in [6.07, 6.45) is 0.567. The highest BCUT2D eigenvalue weighted by atomic mass is 16.5. The molecule has 3 heteroatoms. The molecule has 76 valence electrons. The monoisotopic (exact) mass is 193 g/mol. The highest BCUT2D eigenvalue weighted by molar-refractivity contribution is 5.89. The lowest BCUT2D eigenvalue weighted by Gasteiger charge is -2.13. The molecule has 0 spiro atoms. The third-order valence-electron chi connectivity index (χ3n) is 2.00. The van der Waals surface area contributed by atoms with Gasteiger partial charge in [0.2, 0.25) is 0 Å². The molecule has 1 rings (SSSR count). The van der Waals surface area contributed by atoms with Crippen molar-refractivity contribution in [1.29, 1.82) is 0 Å². The molecule has 14 heavy (non-hydrogen) atoms. The van der Waals surface area contributed by atoms with Gasteiger partial charge in [0.1, 0.15) is 6.10 Å². The third-order valence-corrected chi connectivity index (χ3v) is 2.00. The van der Waals surface area contributed by atoms with E-state index in [0.29, 0.717) is 12.1 Å². The fourth-order valence-electron chi connectivity index (χ4n) is 1.09. The number of benzene rings is 1. The van der Waals surface area contributed by atoms with Gasteiger partial charge in [-0.05, 0) is 18.6 Å². The number of carbonyl (C=O) groups excluding carboxylic acids is 1. The van der Waals surface area contributed by atoms with E-state index in [9.17, 15) is 4.79 Å². The van der Waals surface area contributed by atoms with Crippen LogP contribution in [0, 0.1) is 0 Å². The van der Waals surface area contributed by atoms with Gasteiger partial charge < -0.3 is 10.5 Å². The summed E-state index contributed by atoms with van der Waals surface area (Å²) in [6.45, 7) is 2.31. The molecule has 0 heterocycles. The predicted octanol–water partition coefficient (Wildman–Crippen LogP) is 1.58. The molecule has 0 aliphatic rings. The first-order valence-corrected chi connectivity index (χ1v) is 4.74. The van der Waals surface area contributed by atoms with E-state index in [1.54, 1.807) is 24.3 Å². The molecule has 0 aromatic heterocycles. The number of hydrogen-bond donors (Lipinski definition) is 1. The number of hydrogen-bond acceptors (Lipinski definition) is 3. The molecule has 0 aliphatic heterocycles. The molecule has 0 bridgehead atoms. The quantitative estimate of drug-likeness (QED) is 0.738. The van der Waals surface area contributed by atoms with Crippen molar-refractivity contribution in [2.75, 3.05) is 6.54 Å². The van der Waals surface area contributed by atoms with Gasteiger partial charge in [-0.3, -0.25) is 0 Å². The summed E-state index contributed by atoms with van der Waals surface area (Å²) < 4.78 is 5.17. The van der Waals surface area contributed by atoms with Crippen molar-refractivity contribution < 1.29 is 9.53 Å². The lowest BCUT2D eigenvalue weighted by Crippen LogP contribution is -2.25. The lowest BCUT2D eigenvalue weighted by atomic mass is 10.2. The van der Waals surface area contributed by atoms with Crippen LogP contribution in [0.1, 0.15) is 23.7 Å². The Kier molecular flexibility index (Phi) is 4.13. The summed E-state index contributed by atoms with van der Waals surface area (Å²) in [5.74, 6) is -0.303. The Hall–Kier alpha value is -1.35. The first-order chi connectivity index (χ1) is 6.77. The van der Waals surface area contributed by atoms with Crippen molar-refractivity contribution in [3.63, 3.8) is 0 Å². The second kappa shape index (κ2) is 5.40. The second-order valence-corrected chi connectivity index (χ2v) is 3.04. The van der Waals surface area contributed by atoms with Crippen molar-refractivity contribution in [3.05, 3.63) is 35.9 Å². The van der Waals surface area contributed by atoms with Gasteiger partial charge in [-0.2, -0.15) is 0 Å². The average Bonchev–Trinajstić information content (AvgIpc) is 2.26. The van der Waals surface area contributed by atoms with Gasteiger partial charge >= 0.3 is 5.97 Å². The summed E-state index contributed by atoms with van der Waals surface area (Å²) in [5.41, 5.74) is 6.00. The Bertz CT molecular complexity index is 281. The number of esters is 1. The molecule has 0 aliphatic carbocycles. The van der Waals surface area contributed by atoms with Crippen molar-refractivity contribution in [2.45, 2.75) is 19.4 Å². The number of carbonyl (C=O) groups is 1. The zero-order valence-corrected chi connectivity index (χ0v) is 8.27. The Morgan fingerprint density at radius 1 is 1.43 bits per heavy atom. The fourth-order valence-corrected chi connectivity index (χ4v) is 1.09. The molecular weight excluding hydrogens is 178 g/mol. The predicted molar refractivity (Wildman–Crippen MR) is 55.0 cm³/mol. The van der Waals surface area contributed by atoms with Crippen LogP contribution in [0.25, 0.3) is 0 Å². The van der Waals surface area contributed by atoms with Gasteiger partial charge in [-0.15, -0.1) is 0 Å². The van der Waals surface area contributed by atoms with E-state index >= 15 is 0 Å². The van der Waals surface area contributed by atoms with E-state index in [2.05, 4.69) is 0 Å². The van der Waals surface area contributed by atoms with E-state index in [-0.39, 0.29) is 12.1 Å². The van der Waals surface area contributed by atoms with Gasteiger partial charge in [-0.1, -0.05) is 25.1 Å². The van der Waals surface area contributed by atoms with Crippen LogP contribution < -0.4 is 5.73 Å². The molecule has 0 fully saturated rings. The molecule has 0 radical (unpaired) electrons. The zero-order chi connectivity index (χ0) is 10.4. The molecule has 1 aromatic carbocycles. The van der Waals surface area contributed by atoms with E-state index in [4.69, 9.17) is 10.5 Å². The summed E-state index contributed by atoms with van der Waals surface area (Å²) in [7, 11) is 0. The molecular formula is C11H15NO2. The van der Waals surface area contributed by atoms with Crippen LogP contribution >= 0.6 is 0 Å². The number of ether oxygens (including phenoxy) is 1. The van der Waals surface area contributed by atoms with Gasteiger partial charge in [0, 0.05) is 6.54 Å². The van der Waals surface area contributed by atoms with E-state index in [0.717, 1.165) is 6.42 Å². The topological polar surface area (TPSA) is 52.3 Å². The first kappa shape index (κ1) is 10.7. The van der Waals surface area contributed by atoms with Crippen molar-refractivity contribution in [1.82, 2.24) is 0 Å². The van der Waals surface area contributed by atoms with Crippen LogP contribution in [0.15, 0.2) is 30.3 Å². The molecule has 0 saturated heterocycles. The molecule has 3 nitrogen and oxygen atoms in total. The van der Waals surface area contributed by atoms with Crippen molar-refractivity contribution >= 4 is 5.97 Å². The van der Waals surface area contributed by atoms with Crippen LogP contribution in [-0.4, -0.2) is 18.6 Å². The molecule has 2 N–H and O–H groups in total. The Morgan fingerprint density at radius 3 is 2.57 bits per heavy atom. The van der Waals surface area contributed by atoms with E-state index < -0.39 is 0 Å². The van der Waals surface area contributed by atoms with Gasteiger partial charge in [-0.25, -0.2) is 4.79 Å². The summed E-state index contributed by atoms with van der Waals surface area (Å²) in [5, 5.41) is 0. The van der Waals surface area contributed by atoms with Crippen LogP contribution in [0.2, 0.25) is 0 Å². The molecule has 1 unspecified atom stereocenters. The third kappa shape index (κ3) is 2.85. The molecule has 0 amide bonds. The Balaban J connectivity index is 2.59. The maximum absolute atomic E-state index is 11.5. The van der Waals surface area contributed by atoms with E-state index in [1.165, 1.54) is 0 Å². The Morgan fingerprint density at radius 2 is 2.07 bits per heavy atom. The maximum atomic E-state index is 11.5. The molecule has 0 saturated carbocycles. The summed E-state index contributed by atoms with van der Waals surface area (Å²) >= 11 is 0.